The normalized spacial score (nSPS) is 21.8. The van der Waals surface area contributed by atoms with Gasteiger partial charge in [-0.3, -0.25) is 14.7 Å². The molecule has 7 nitrogen and oxygen atoms in total. The number of aliphatic carboxylic acids is 1. The number of benzene rings is 2. The third-order valence-corrected chi connectivity index (χ3v) is 6.55. The van der Waals surface area contributed by atoms with Gasteiger partial charge in [-0.05, 0) is 47.5 Å². The molecule has 7 heteroatoms. The molecule has 0 spiro atoms. The van der Waals surface area contributed by atoms with Crippen molar-refractivity contribution in [1.82, 2.24) is 9.88 Å². The quantitative estimate of drug-likeness (QED) is 0.589. The van der Waals surface area contributed by atoms with E-state index in [0.29, 0.717) is 24.6 Å². The van der Waals surface area contributed by atoms with Crippen LogP contribution >= 0.6 is 0 Å². The van der Waals surface area contributed by atoms with E-state index < -0.39 is 11.9 Å². The number of carbonyl (C=O) groups is 1. The maximum Gasteiger partial charge on any atom is 0.309 e. The van der Waals surface area contributed by atoms with E-state index in [0.717, 1.165) is 29.0 Å². The molecule has 1 saturated heterocycles. The van der Waals surface area contributed by atoms with Gasteiger partial charge in [0.2, 0.25) is 6.79 Å². The first-order valence-electron chi connectivity index (χ1n) is 11.0. The monoisotopic (exact) mass is 446 g/mol. The van der Waals surface area contributed by atoms with E-state index in [4.69, 9.17) is 14.2 Å². The van der Waals surface area contributed by atoms with E-state index in [1.165, 1.54) is 0 Å². The van der Waals surface area contributed by atoms with Crippen LogP contribution in [0.25, 0.3) is 0 Å². The summed E-state index contributed by atoms with van der Waals surface area (Å²) in [5.74, 6) is 0.511. The van der Waals surface area contributed by atoms with E-state index >= 15 is 0 Å². The SMILES string of the molecule is COc1ccc([C@@H]2[C@@H](C(=O)O)[C@H](c3ccc4c(c3)OCO4)CN2CCc2ccccn2)cc1. The Kier molecular flexibility index (Phi) is 5.88. The average Bonchev–Trinajstić information content (AvgIpc) is 3.47. The summed E-state index contributed by atoms with van der Waals surface area (Å²) in [6.07, 6.45) is 2.53. The largest absolute Gasteiger partial charge is 0.497 e. The van der Waals surface area contributed by atoms with Crippen LogP contribution in [0, 0.1) is 5.92 Å². The zero-order valence-electron chi connectivity index (χ0n) is 18.4. The number of pyridine rings is 1. The van der Waals surface area contributed by atoms with Crippen molar-refractivity contribution in [3.05, 3.63) is 83.7 Å². The molecule has 33 heavy (non-hydrogen) atoms. The molecule has 0 amide bonds. The Morgan fingerprint density at radius 3 is 2.61 bits per heavy atom. The number of hydrogen-bond donors (Lipinski definition) is 1. The minimum Gasteiger partial charge on any atom is -0.497 e. The number of hydrogen-bond acceptors (Lipinski definition) is 6. The van der Waals surface area contributed by atoms with Crippen molar-refractivity contribution >= 4 is 5.97 Å². The molecule has 2 aliphatic rings. The summed E-state index contributed by atoms with van der Waals surface area (Å²) in [5, 5.41) is 10.4. The van der Waals surface area contributed by atoms with Crippen LogP contribution in [0.15, 0.2) is 66.9 Å². The maximum absolute atomic E-state index is 12.6. The Labute approximate surface area is 192 Å². The van der Waals surface area contributed by atoms with Gasteiger partial charge in [0.15, 0.2) is 11.5 Å². The van der Waals surface area contributed by atoms with Gasteiger partial charge in [-0.15, -0.1) is 0 Å². The third-order valence-electron chi connectivity index (χ3n) is 6.55. The standard InChI is InChI=1S/C26H26N2O5/c1-31-20-8-5-17(6-9-20)25-24(26(29)30)21(18-7-10-22-23(14-18)33-16-32-22)15-28(25)13-11-19-4-2-3-12-27-19/h2-10,12,14,21,24-25H,11,13,15-16H2,1H3,(H,29,30)/t21-,24-,25+/m0/s1. The molecular formula is C26H26N2O5. The fourth-order valence-electron chi connectivity index (χ4n) is 4.94. The van der Waals surface area contributed by atoms with E-state index in [1.807, 2.05) is 60.7 Å². The van der Waals surface area contributed by atoms with E-state index in [1.54, 1.807) is 13.3 Å². The highest BCUT2D eigenvalue weighted by molar-refractivity contribution is 5.74. The van der Waals surface area contributed by atoms with Gasteiger partial charge < -0.3 is 19.3 Å². The lowest BCUT2D eigenvalue weighted by Gasteiger charge is -2.27. The van der Waals surface area contributed by atoms with E-state index in [-0.39, 0.29) is 18.8 Å². The van der Waals surface area contributed by atoms with Gasteiger partial charge in [0.05, 0.1) is 13.0 Å². The van der Waals surface area contributed by atoms with Crippen LogP contribution in [-0.2, 0) is 11.2 Å². The van der Waals surface area contributed by atoms with Crippen molar-refractivity contribution in [2.24, 2.45) is 5.92 Å². The molecule has 170 valence electrons. The number of aromatic nitrogens is 1. The molecule has 0 aliphatic carbocycles. The summed E-state index contributed by atoms with van der Waals surface area (Å²) in [6, 6.07) is 19.1. The van der Waals surface area contributed by atoms with Gasteiger partial charge in [-0.2, -0.15) is 0 Å². The number of ether oxygens (including phenoxy) is 3. The first kappa shape index (κ1) is 21.3. The van der Waals surface area contributed by atoms with Gasteiger partial charge in [0.1, 0.15) is 5.75 Å². The molecule has 2 aromatic carbocycles. The predicted molar refractivity (Wildman–Crippen MR) is 122 cm³/mol. The fourth-order valence-corrected chi connectivity index (χ4v) is 4.94. The minimum atomic E-state index is -0.807. The van der Waals surface area contributed by atoms with Crippen LogP contribution in [0.4, 0.5) is 0 Å². The van der Waals surface area contributed by atoms with Crippen molar-refractivity contribution in [3.8, 4) is 17.2 Å². The highest BCUT2D eigenvalue weighted by Gasteiger charge is 2.47. The lowest BCUT2D eigenvalue weighted by molar-refractivity contribution is -0.143. The zero-order valence-corrected chi connectivity index (χ0v) is 18.4. The zero-order chi connectivity index (χ0) is 22.8. The summed E-state index contributed by atoms with van der Waals surface area (Å²) in [5.41, 5.74) is 2.90. The van der Waals surface area contributed by atoms with Crippen LogP contribution in [0.3, 0.4) is 0 Å². The maximum atomic E-state index is 12.6. The lowest BCUT2D eigenvalue weighted by atomic mass is 9.82. The van der Waals surface area contributed by atoms with Gasteiger partial charge >= 0.3 is 5.97 Å². The number of rotatable bonds is 7. The minimum absolute atomic E-state index is 0.187. The highest BCUT2D eigenvalue weighted by Crippen LogP contribution is 2.47. The number of fused-ring (bicyclic) bond motifs is 1. The molecule has 3 heterocycles. The van der Waals surface area contributed by atoms with Gasteiger partial charge in [0.25, 0.3) is 0 Å². The highest BCUT2D eigenvalue weighted by atomic mass is 16.7. The first-order chi connectivity index (χ1) is 16.1. The number of carboxylic acids is 1. The summed E-state index contributed by atoms with van der Waals surface area (Å²) >= 11 is 0. The number of nitrogens with zero attached hydrogens (tertiary/aromatic N) is 2. The molecule has 3 aromatic rings. The molecule has 0 unspecified atom stereocenters. The number of carboxylic acid groups (broad SMARTS) is 1. The lowest BCUT2D eigenvalue weighted by Crippen LogP contribution is -2.30. The Morgan fingerprint density at radius 1 is 1.09 bits per heavy atom. The van der Waals surface area contributed by atoms with Gasteiger partial charge in [-0.1, -0.05) is 24.3 Å². The van der Waals surface area contributed by atoms with Crippen LogP contribution in [0.1, 0.15) is 28.8 Å². The number of likely N-dealkylation sites (tertiary alicyclic amines) is 1. The molecule has 1 aromatic heterocycles. The van der Waals surface area contributed by atoms with Crippen molar-refractivity contribution in [1.29, 1.82) is 0 Å². The Bertz CT molecular complexity index is 1120. The molecule has 0 radical (unpaired) electrons. The second kappa shape index (κ2) is 9.11. The Balaban J connectivity index is 1.49. The molecular weight excluding hydrogens is 420 g/mol. The van der Waals surface area contributed by atoms with Gasteiger partial charge in [-0.25, -0.2) is 0 Å². The molecule has 5 rings (SSSR count). The van der Waals surface area contributed by atoms with Crippen molar-refractivity contribution in [2.75, 3.05) is 27.0 Å². The summed E-state index contributed by atoms with van der Waals surface area (Å²) in [6.45, 7) is 1.52. The van der Waals surface area contributed by atoms with E-state index in [9.17, 15) is 9.90 Å². The molecule has 3 atom stereocenters. The molecule has 0 bridgehead atoms. The molecule has 2 aliphatic heterocycles. The average molecular weight is 447 g/mol. The molecule has 0 saturated carbocycles. The summed E-state index contributed by atoms with van der Waals surface area (Å²) < 4.78 is 16.3. The second-order valence-corrected chi connectivity index (χ2v) is 8.37. The van der Waals surface area contributed by atoms with Crippen molar-refractivity contribution < 1.29 is 24.1 Å². The van der Waals surface area contributed by atoms with Crippen molar-refractivity contribution in [2.45, 2.75) is 18.4 Å². The van der Waals surface area contributed by atoms with Crippen LogP contribution in [0.5, 0.6) is 17.2 Å². The smallest absolute Gasteiger partial charge is 0.309 e. The van der Waals surface area contributed by atoms with Crippen LogP contribution in [0.2, 0.25) is 0 Å². The summed E-state index contributed by atoms with van der Waals surface area (Å²) in [7, 11) is 1.62. The van der Waals surface area contributed by atoms with Crippen LogP contribution < -0.4 is 14.2 Å². The predicted octanol–water partition coefficient (Wildman–Crippen LogP) is 3.90. The third kappa shape index (κ3) is 4.24. The number of methoxy groups -OCH3 is 1. The Hall–Kier alpha value is -3.58. The first-order valence-corrected chi connectivity index (χ1v) is 11.0. The van der Waals surface area contributed by atoms with Crippen LogP contribution in [-0.4, -0.2) is 48.0 Å². The molecule has 1 N–H and O–H groups in total. The van der Waals surface area contributed by atoms with Gasteiger partial charge in [0, 0.05) is 43.4 Å². The topological polar surface area (TPSA) is 81.1 Å². The van der Waals surface area contributed by atoms with E-state index in [2.05, 4.69) is 9.88 Å². The fraction of sp³-hybridized carbons (Fsp3) is 0.308. The Morgan fingerprint density at radius 2 is 1.88 bits per heavy atom. The summed E-state index contributed by atoms with van der Waals surface area (Å²) in [4.78, 5) is 19.3. The molecule has 1 fully saturated rings. The second-order valence-electron chi connectivity index (χ2n) is 8.37. The van der Waals surface area contributed by atoms with Crippen molar-refractivity contribution in [3.63, 3.8) is 0 Å².